The van der Waals surface area contributed by atoms with E-state index in [1.807, 2.05) is 36.4 Å². The van der Waals surface area contributed by atoms with Gasteiger partial charge < -0.3 is 40.0 Å². The number of phenolic OH excluding ortho intramolecular Hbond substituents is 1. The molecule has 1 heterocycles. The number of pyridine rings is 1. The highest BCUT2D eigenvalue weighted by Gasteiger charge is 2.27. The molecule has 4 aromatic rings. The number of benzene rings is 3. The minimum Gasteiger partial charge on any atom is -0.508 e. The summed E-state index contributed by atoms with van der Waals surface area (Å²) < 4.78 is 12.6. The number of aromatic nitrogens is 1. The van der Waals surface area contributed by atoms with Crippen LogP contribution in [0.5, 0.6) is 23.0 Å². The molecule has 0 saturated heterocycles. The van der Waals surface area contributed by atoms with Crippen molar-refractivity contribution < 1.29 is 34.4 Å². The largest absolute Gasteiger partial charge is 0.508 e. The van der Waals surface area contributed by atoms with Crippen LogP contribution < -0.4 is 25.5 Å². The Morgan fingerprint density at radius 2 is 1.36 bits per heavy atom. The van der Waals surface area contributed by atoms with Crippen LogP contribution in [0.3, 0.4) is 0 Å². The molecule has 2 amide bonds. The molecule has 44 heavy (non-hydrogen) atoms. The van der Waals surface area contributed by atoms with Crippen LogP contribution in [0, 0.1) is 0 Å². The zero-order chi connectivity index (χ0) is 31.3. The van der Waals surface area contributed by atoms with E-state index in [9.17, 15) is 29.7 Å². The van der Waals surface area contributed by atoms with Gasteiger partial charge in [0.25, 0.3) is 11.8 Å². The average molecular weight is 602 g/mol. The summed E-state index contributed by atoms with van der Waals surface area (Å²) in [4.78, 5) is 37.5. The van der Waals surface area contributed by atoms with E-state index < -0.39 is 35.3 Å². The maximum atomic E-state index is 12.9. The van der Waals surface area contributed by atoms with Gasteiger partial charge in [-0.3, -0.25) is 14.4 Å². The van der Waals surface area contributed by atoms with E-state index in [1.165, 1.54) is 47.3 Å². The second-order valence-electron chi connectivity index (χ2n) is 10.2. The SMILES string of the molecule is O=C(COc1ccccc1)N[C@@H](Cc1ccccc1)C[C@@H](O)[C@H](Cn1ccc(=O)c(O)c1)NC(=O)COc1ccc(O)cc1. The number of phenols is 1. The number of aliphatic hydroxyl groups excluding tert-OH is 1. The highest BCUT2D eigenvalue weighted by Crippen LogP contribution is 2.16. The van der Waals surface area contributed by atoms with Crippen molar-refractivity contribution in [2.45, 2.75) is 37.6 Å². The van der Waals surface area contributed by atoms with E-state index in [0.717, 1.165) is 5.56 Å². The number of carbonyl (C=O) groups excluding carboxylic acids is 2. The summed E-state index contributed by atoms with van der Waals surface area (Å²) in [6.07, 6.45) is 1.94. The van der Waals surface area contributed by atoms with Crippen molar-refractivity contribution >= 4 is 11.8 Å². The Morgan fingerprint density at radius 3 is 2.00 bits per heavy atom. The van der Waals surface area contributed by atoms with Crippen LogP contribution in [0.25, 0.3) is 0 Å². The van der Waals surface area contributed by atoms with Gasteiger partial charge in [-0.15, -0.1) is 0 Å². The summed E-state index contributed by atoms with van der Waals surface area (Å²) in [6, 6.07) is 24.0. The van der Waals surface area contributed by atoms with E-state index in [4.69, 9.17) is 9.47 Å². The highest BCUT2D eigenvalue weighted by molar-refractivity contribution is 5.78. The van der Waals surface area contributed by atoms with Crippen molar-refractivity contribution in [1.29, 1.82) is 0 Å². The first-order chi connectivity index (χ1) is 21.2. The molecule has 11 heteroatoms. The van der Waals surface area contributed by atoms with Crippen LogP contribution in [0.2, 0.25) is 0 Å². The Balaban J connectivity index is 1.47. The minimum atomic E-state index is -1.17. The predicted molar refractivity (Wildman–Crippen MR) is 163 cm³/mol. The molecule has 0 saturated carbocycles. The lowest BCUT2D eigenvalue weighted by molar-refractivity contribution is -0.126. The third kappa shape index (κ3) is 10.2. The average Bonchev–Trinajstić information content (AvgIpc) is 3.02. The van der Waals surface area contributed by atoms with Crippen LogP contribution in [0.15, 0.2) is 108 Å². The van der Waals surface area contributed by atoms with Crippen LogP contribution in [0.4, 0.5) is 0 Å². The topological polar surface area (TPSA) is 159 Å². The van der Waals surface area contributed by atoms with Crippen molar-refractivity contribution in [3.63, 3.8) is 0 Å². The van der Waals surface area contributed by atoms with Gasteiger partial charge in [0.1, 0.15) is 17.2 Å². The quantitative estimate of drug-likeness (QED) is 0.139. The van der Waals surface area contributed by atoms with E-state index in [2.05, 4.69) is 10.6 Å². The van der Waals surface area contributed by atoms with Crippen LogP contribution >= 0.6 is 0 Å². The molecule has 0 aliphatic rings. The van der Waals surface area contributed by atoms with Crippen molar-refractivity contribution in [2.24, 2.45) is 0 Å². The molecule has 4 rings (SSSR count). The second-order valence-corrected chi connectivity index (χ2v) is 10.2. The molecule has 1 aromatic heterocycles. The number of para-hydroxylation sites is 1. The molecule has 3 aromatic carbocycles. The van der Waals surface area contributed by atoms with Gasteiger partial charge in [-0.2, -0.15) is 0 Å². The molecule has 0 radical (unpaired) electrons. The third-order valence-corrected chi connectivity index (χ3v) is 6.71. The van der Waals surface area contributed by atoms with Gasteiger partial charge in [-0.1, -0.05) is 48.5 Å². The van der Waals surface area contributed by atoms with E-state index in [1.54, 1.807) is 24.3 Å². The third-order valence-electron chi connectivity index (χ3n) is 6.71. The predicted octanol–water partition coefficient (Wildman–Crippen LogP) is 2.38. The van der Waals surface area contributed by atoms with E-state index in [-0.39, 0.29) is 37.8 Å². The molecular formula is C33H35N3O8. The molecule has 0 aliphatic carbocycles. The molecule has 0 aliphatic heterocycles. The Kier molecular flexibility index (Phi) is 11.4. The number of rotatable bonds is 15. The first-order valence-corrected chi connectivity index (χ1v) is 14.0. The number of nitrogens with zero attached hydrogens (tertiary/aromatic N) is 1. The molecule has 230 valence electrons. The second kappa shape index (κ2) is 15.8. The fourth-order valence-corrected chi connectivity index (χ4v) is 4.54. The van der Waals surface area contributed by atoms with E-state index in [0.29, 0.717) is 17.9 Å². The number of hydrogen-bond acceptors (Lipinski definition) is 8. The van der Waals surface area contributed by atoms with Gasteiger partial charge >= 0.3 is 0 Å². The zero-order valence-corrected chi connectivity index (χ0v) is 23.9. The van der Waals surface area contributed by atoms with Gasteiger partial charge in [0, 0.05) is 31.0 Å². The molecule has 0 spiro atoms. The van der Waals surface area contributed by atoms with Gasteiger partial charge in [0.05, 0.1) is 12.1 Å². The smallest absolute Gasteiger partial charge is 0.258 e. The fraction of sp³-hybridized carbons (Fsp3) is 0.242. The van der Waals surface area contributed by atoms with Gasteiger partial charge in [-0.05, 0) is 54.8 Å². The van der Waals surface area contributed by atoms with Gasteiger partial charge in [0.2, 0.25) is 5.43 Å². The number of ether oxygens (including phenoxy) is 2. The number of carbonyl (C=O) groups is 2. The molecular weight excluding hydrogens is 566 g/mol. The number of aromatic hydroxyl groups is 2. The highest BCUT2D eigenvalue weighted by atomic mass is 16.5. The molecule has 5 N–H and O–H groups in total. The molecule has 11 nitrogen and oxygen atoms in total. The van der Waals surface area contributed by atoms with Crippen LogP contribution in [0.1, 0.15) is 12.0 Å². The lowest BCUT2D eigenvalue weighted by Gasteiger charge is -2.29. The zero-order valence-electron chi connectivity index (χ0n) is 23.9. The summed E-state index contributed by atoms with van der Waals surface area (Å²) >= 11 is 0. The number of aliphatic hydroxyl groups is 1. The van der Waals surface area contributed by atoms with Crippen molar-refractivity contribution in [2.75, 3.05) is 13.2 Å². The van der Waals surface area contributed by atoms with E-state index >= 15 is 0 Å². The van der Waals surface area contributed by atoms with Crippen molar-refractivity contribution in [3.05, 3.63) is 119 Å². The standard InChI is InChI=1S/C33H35N3O8/c37-25-11-13-27(14-12-25)44-22-33(42)35-28(19-36-16-15-29(38)31(40)20-36)30(39)18-24(17-23-7-3-1-4-8-23)34-32(41)21-43-26-9-5-2-6-10-26/h1-16,20,24,28,30,37,39-40H,17-19,21-22H2,(H,34,41)(H,35,42)/t24-,28-,30+/m0/s1. The van der Waals surface area contributed by atoms with Gasteiger partial charge in [-0.25, -0.2) is 0 Å². The lowest BCUT2D eigenvalue weighted by Crippen LogP contribution is -2.50. The van der Waals surface area contributed by atoms with Crippen LogP contribution in [-0.4, -0.2) is 63.1 Å². The monoisotopic (exact) mass is 601 g/mol. The Hall–Kier alpha value is -5.29. The minimum absolute atomic E-state index is 0.00305. The summed E-state index contributed by atoms with van der Waals surface area (Å²) in [5, 5.41) is 36.5. The lowest BCUT2D eigenvalue weighted by atomic mass is 9.96. The number of amides is 2. The molecule has 3 atom stereocenters. The first-order valence-electron chi connectivity index (χ1n) is 14.0. The van der Waals surface area contributed by atoms with Crippen molar-refractivity contribution in [1.82, 2.24) is 15.2 Å². The Labute approximate surface area is 254 Å². The summed E-state index contributed by atoms with van der Waals surface area (Å²) in [6.45, 7) is -0.593. The maximum absolute atomic E-state index is 12.9. The number of hydrogen-bond donors (Lipinski definition) is 5. The summed E-state index contributed by atoms with van der Waals surface area (Å²) in [7, 11) is 0. The van der Waals surface area contributed by atoms with Gasteiger partial charge in [0.15, 0.2) is 19.0 Å². The first kappa shape index (κ1) is 31.6. The molecule has 0 fully saturated rings. The fourth-order valence-electron chi connectivity index (χ4n) is 4.54. The van der Waals surface area contributed by atoms with Crippen LogP contribution in [-0.2, 0) is 22.6 Å². The molecule has 0 bridgehead atoms. The summed E-state index contributed by atoms with van der Waals surface area (Å²) in [5.74, 6) is -0.427. The number of nitrogens with one attached hydrogen (secondary N) is 2. The Morgan fingerprint density at radius 1 is 0.773 bits per heavy atom. The summed E-state index contributed by atoms with van der Waals surface area (Å²) in [5.41, 5.74) is 0.371. The Bertz CT molecular complexity index is 1550. The maximum Gasteiger partial charge on any atom is 0.258 e. The molecule has 0 unspecified atom stereocenters. The normalized spacial score (nSPS) is 12.8. The van der Waals surface area contributed by atoms with Crippen molar-refractivity contribution in [3.8, 4) is 23.0 Å².